The first-order valence-corrected chi connectivity index (χ1v) is 17.6. The molecule has 0 atom stereocenters. The quantitative estimate of drug-likeness (QED) is 0.133. The highest BCUT2D eigenvalue weighted by Gasteiger charge is 2.38. The van der Waals surface area contributed by atoms with E-state index in [1.54, 1.807) is 4.90 Å². The van der Waals surface area contributed by atoms with Crippen molar-refractivity contribution in [2.24, 2.45) is 5.92 Å². The number of amides is 2. The number of aromatic nitrogens is 2. The van der Waals surface area contributed by atoms with Gasteiger partial charge in [0.1, 0.15) is 6.33 Å². The molecular weight excluding hydrogens is 692 g/mol. The van der Waals surface area contributed by atoms with Gasteiger partial charge < -0.3 is 24.6 Å². The summed E-state index contributed by atoms with van der Waals surface area (Å²) in [5.41, 5.74) is -2.83. The highest BCUT2D eigenvalue weighted by molar-refractivity contribution is 6.01. The molecule has 2 aliphatic rings. The van der Waals surface area contributed by atoms with Crippen LogP contribution in [0, 0.1) is 5.92 Å². The van der Waals surface area contributed by atoms with Gasteiger partial charge in [-0.25, -0.2) is 0 Å². The molecule has 0 spiro atoms. The van der Waals surface area contributed by atoms with E-state index in [9.17, 15) is 35.9 Å². The molecule has 282 valence electrons. The normalized spacial score (nSPS) is 15.9. The molecule has 1 aliphatic heterocycles. The number of halogens is 6. The molecule has 52 heavy (non-hydrogen) atoms. The van der Waals surface area contributed by atoms with Gasteiger partial charge >= 0.3 is 12.4 Å². The third-order valence-corrected chi connectivity index (χ3v) is 9.41. The summed E-state index contributed by atoms with van der Waals surface area (Å²) in [4.78, 5) is 39.5. The fourth-order valence-electron chi connectivity index (χ4n) is 6.48. The Hall–Kier alpha value is -4.40. The van der Waals surface area contributed by atoms with Crippen LogP contribution in [0.25, 0.3) is 11.1 Å². The number of nitrogens with zero attached hydrogens (tertiary/aromatic N) is 4. The van der Waals surface area contributed by atoms with Gasteiger partial charge in [-0.2, -0.15) is 36.3 Å². The molecule has 1 aromatic heterocycles. The number of piperidine rings is 1. The van der Waals surface area contributed by atoms with E-state index in [2.05, 4.69) is 20.2 Å². The summed E-state index contributed by atoms with van der Waals surface area (Å²) < 4.78 is 92.7. The summed E-state index contributed by atoms with van der Waals surface area (Å²) in [5, 5.41) is 2.93. The fourth-order valence-corrected chi connectivity index (χ4v) is 6.48. The number of anilines is 1. The lowest BCUT2D eigenvalue weighted by Gasteiger charge is -2.34. The van der Waals surface area contributed by atoms with Crippen LogP contribution in [0.4, 0.5) is 32.0 Å². The van der Waals surface area contributed by atoms with E-state index in [0.29, 0.717) is 81.7 Å². The van der Waals surface area contributed by atoms with Gasteiger partial charge in [0, 0.05) is 37.2 Å². The standard InChI is InChI=1S/C37H43F6N5O4/c1-3-51-33-31(34(52-4-2)45-23-44-33)48(35(50)24-10-9-11-24)17-8-7-16-47-18-14-28(15-19-47)46-32(49)30-13-6-5-12-29(30)25-20-26(36(38,39)40)22-27(21-25)37(41,42)43/h5-6,12-13,20-24,28H,3-4,7-11,14-19H2,1-2H3,(H,46,49). The zero-order chi connectivity index (χ0) is 37.5. The number of benzene rings is 2. The predicted octanol–water partition coefficient (Wildman–Crippen LogP) is 7.79. The monoisotopic (exact) mass is 735 g/mol. The van der Waals surface area contributed by atoms with E-state index in [4.69, 9.17) is 9.47 Å². The maximum absolute atomic E-state index is 13.6. The second kappa shape index (κ2) is 17.0. The van der Waals surface area contributed by atoms with Crippen LogP contribution < -0.4 is 19.7 Å². The third kappa shape index (κ3) is 9.52. The van der Waals surface area contributed by atoms with Crippen molar-refractivity contribution in [1.82, 2.24) is 20.2 Å². The van der Waals surface area contributed by atoms with Crippen LogP contribution in [0.2, 0.25) is 0 Å². The first-order chi connectivity index (χ1) is 24.8. The molecule has 15 heteroatoms. The van der Waals surface area contributed by atoms with Crippen LogP contribution >= 0.6 is 0 Å². The van der Waals surface area contributed by atoms with Gasteiger partial charge in [-0.1, -0.05) is 24.6 Å². The van der Waals surface area contributed by atoms with Gasteiger partial charge in [0.05, 0.1) is 24.3 Å². The zero-order valence-corrected chi connectivity index (χ0v) is 29.2. The average molecular weight is 736 g/mol. The molecular formula is C37H43F6N5O4. The third-order valence-electron chi connectivity index (χ3n) is 9.41. The van der Waals surface area contributed by atoms with Crippen molar-refractivity contribution in [3.05, 3.63) is 65.5 Å². The van der Waals surface area contributed by atoms with Crippen LogP contribution in [0.5, 0.6) is 11.8 Å². The van der Waals surface area contributed by atoms with Gasteiger partial charge in [0.25, 0.3) is 5.91 Å². The van der Waals surface area contributed by atoms with Crippen molar-refractivity contribution in [2.45, 2.75) is 77.2 Å². The summed E-state index contributed by atoms with van der Waals surface area (Å²) in [7, 11) is 0. The SMILES string of the molecule is CCOc1ncnc(OCC)c1N(CCCCN1CCC(NC(=O)c2ccccc2-c2cc(C(F)(F)F)cc(C(F)(F)F)c2)CC1)C(=O)C1CCC1. The molecule has 9 nitrogen and oxygen atoms in total. The smallest absolute Gasteiger partial charge is 0.416 e. The van der Waals surface area contributed by atoms with Crippen molar-refractivity contribution in [2.75, 3.05) is 44.3 Å². The number of hydrogen-bond acceptors (Lipinski definition) is 7. The average Bonchev–Trinajstić information content (AvgIpc) is 3.08. The van der Waals surface area contributed by atoms with Crippen molar-refractivity contribution < 1.29 is 45.4 Å². The number of nitrogens with one attached hydrogen (secondary N) is 1. The molecule has 2 fully saturated rings. The number of unbranched alkanes of at least 4 members (excludes halogenated alkanes) is 1. The van der Waals surface area contributed by atoms with E-state index in [0.717, 1.165) is 32.2 Å². The van der Waals surface area contributed by atoms with Gasteiger partial charge in [0.15, 0.2) is 5.69 Å². The minimum atomic E-state index is -5.01. The van der Waals surface area contributed by atoms with Crippen LogP contribution in [0.15, 0.2) is 48.8 Å². The lowest BCUT2D eigenvalue weighted by molar-refractivity contribution is -0.143. The Bertz CT molecular complexity index is 1630. The van der Waals surface area contributed by atoms with Gasteiger partial charge in [-0.3, -0.25) is 9.59 Å². The number of carbonyl (C=O) groups excluding carboxylic acids is 2. The molecule has 3 aromatic rings. The minimum absolute atomic E-state index is 0.00920. The van der Waals surface area contributed by atoms with Crippen molar-refractivity contribution in [3.8, 4) is 22.9 Å². The first-order valence-electron chi connectivity index (χ1n) is 17.6. The molecule has 0 bridgehead atoms. The number of likely N-dealkylation sites (tertiary alicyclic amines) is 1. The molecule has 2 heterocycles. The van der Waals surface area contributed by atoms with Crippen LogP contribution in [0.1, 0.15) is 80.3 Å². The van der Waals surface area contributed by atoms with Crippen LogP contribution in [0.3, 0.4) is 0 Å². The molecule has 0 unspecified atom stereocenters. The number of ether oxygens (including phenoxy) is 2. The van der Waals surface area contributed by atoms with E-state index < -0.39 is 29.4 Å². The number of hydrogen-bond donors (Lipinski definition) is 1. The molecule has 2 amide bonds. The van der Waals surface area contributed by atoms with E-state index in [1.807, 2.05) is 13.8 Å². The Labute approximate surface area is 298 Å². The Morgan fingerprint density at radius 2 is 1.46 bits per heavy atom. The summed E-state index contributed by atoms with van der Waals surface area (Å²) in [6, 6.07) is 6.81. The molecule has 0 radical (unpaired) electrons. The Morgan fingerprint density at radius 3 is 2.00 bits per heavy atom. The zero-order valence-electron chi connectivity index (χ0n) is 29.2. The highest BCUT2D eigenvalue weighted by atomic mass is 19.4. The maximum Gasteiger partial charge on any atom is 0.416 e. The minimum Gasteiger partial charge on any atom is -0.476 e. The molecule has 1 N–H and O–H groups in total. The van der Waals surface area contributed by atoms with Crippen LogP contribution in [-0.4, -0.2) is 72.1 Å². The second-order valence-corrected chi connectivity index (χ2v) is 13.0. The van der Waals surface area contributed by atoms with E-state index in [-0.39, 0.29) is 40.6 Å². The summed E-state index contributed by atoms with van der Waals surface area (Å²) >= 11 is 0. The first kappa shape index (κ1) is 38.8. The lowest BCUT2D eigenvalue weighted by atomic mass is 9.84. The molecule has 1 saturated carbocycles. The van der Waals surface area contributed by atoms with Gasteiger partial charge in [-0.05, 0) is 94.3 Å². The topological polar surface area (TPSA) is 96.9 Å². The summed E-state index contributed by atoms with van der Waals surface area (Å²) in [5.74, 6) is -0.0100. The van der Waals surface area contributed by atoms with Gasteiger partial charge in [0.2, 0.25) is 17.7 Å². The Kier molecular flexibility index (Phi) is 12.7. The molecule has 1 aliphatic carbocycles. The number of carbonyl (C=O) groups is 2. The van der Waals surface area contributed by atoms with Crippen molar-refractivity contribution >= 4 is 17.5 Å². The Balaban J connectivity index is 1.18. The summed E-state index contributed by atoms with van der Waals surface area (Å²) in [6.07, 6.45) is -3.28. The highest BCUT2D eigenvalue weighted by Crippen LogP contribution is 2.40. The molecule has 1 saturated heterocycles. The second-order valence-electron chi connectivity index (χ2n) is 13.0. The van der Waals surface area contributed by atoms with Crippen molar-refractivity contribution in [3.63, 3.8) is 0 Å². The lowest BCUT2D eigenvalue weighted by Crippen LogP contribution is -2.45. The summed E-state index contributed by atoms with van der Waals surface area (Å²) in [6.45, 7) is 6.96. The number of alkyl halides is 6. The number of rotatable bonds is 14. The maximum atomic E-state index is 13.6. The van der Waals surface area contributed by atoms with E-state index >= 15 is 0 Å². The van der Waals surface area contributed by atoms with Gasteiger partial charge in [-0.15, -0.1) is 0 Å². The largest absolute Gasteiger partial charge is 0.476 e. The van der Waals surface area contributed by atoms with E-state index in [1.165, 1.54) is 30.6 Å². The Morgan fingerprint density at radius 1 is 0.865 bits per heavy atom. The molecule has 5 rings (SSSR count). The predicted molar refractivity (Wildman–Crippen MR) is 182 cm³/mol. The molecule has 2 aromatic carbocycles. The van der Waals surface area contributed by atoms with Crippen LogP contribution in [-0.2, 0) is 17.1 Å². The van der Waals surface area contributed by atoms with Crippen molar-refractivity contribution in [1.29, 1.82) is 0 Å². The fraction of sp³-hybridized carbons (Fsp3) is 0.514.